The van der Waals surface area contributed by atoms with Crippen LogP contribution in [0.4, 0.5) is 14.5 Å². The Balaban J connectivity index is 1.22. The first-order valence-electron chi connectivity index (χ1n) is 15.3. The van der Waals surface area contributed by atoms with Gasteiger partial charge in [0.05, 0.1) is 41.4 Å². The first-order chi connectivity index (χ1) is 22.0. The first kappa shape index (κ1) is 32.0. The number of anilines is 1. The number of hydrogen-bond acceptors (Lipinski definition) is 9. The Hall–Kier alpha value is -4.01. The number of carbonyl (C=O) groups excluding carboxylic acids is 1. The predicted molar refractivity (Wildman–Crippen MR) is 169 cm³/mol. The van der Waals surface area contributed by atoms with Gasteiger partial charge in [0.2, 0.25) is 5.91 Å². The lowest BCUT2D eigenvalue weighted by molar-refractivity contribution is -0.128. The third kappa shape index (κ3) is 6.88. The number of hydrogen-bond donors (Lipinski definition) is 1. The highest BCUT2D eigenvalue weighted by molar-refractivity contribution is 7.90. The van der Waals surface area contributed by atoms with E-state index in [0.717, 1.165) is 17.7 Å². The predicted octanol–water partition coefficient (Wildman–Crippen LogP) is 3.00. The lowest BCUT2D eigenvalue weighted by Gasteiger charge is -2.42. The molecule has 0 saturated carbocycles. The summed E-state index contributed by atoms with van der Waals surface area (Å²) in [6.07, 6.45) is 7.57. The van der Waals surface area contributed by atoms with Crippen LogP contribution in [0.2, 0.25) is 0 Å². The van der Waals surface area contributed by atoms with E-state index in [4.69, 9.17) is 10.5 Å². The molecule has 1 aromatic carbocycles. The van der Waals surface area contributed by atoms with Crippen molar-refractivity contribution >= 4 is 26.9 Å². The number of amides is 1. The molecule has 2 aliphatic rings. The SMILES string of the molecule is C[C@H]1CN(c2ccncc2Cc2ncc3ccc(-c4c(F)cc(CN5CCCC5=O)cc4F)nn23)C[C@@H](N)[C@H]1OCCS(C)(=O)=O. The number of nitrogens with zero attached hydrogens (tertiary/aromatic N) is 6. The van der Waals surface area contributed by atoms with E-state index < -0.39 is 21.5 Å². The van der Waals surface area contributed by atoms with Gasteiger partial charge in [0, 0.05) is 80.9 Å². The van der Waals surface area contributed by atoms with Gasteiger partial charge in [-0.1, -0.05) is 6.92 Å². The van der Waals surface area contributed by atoms with Gasteiger partial charge in [0.25, 0.3) is 0 Å². The Morgan fingerprint density at radius 2 is 1.89 bits per heavy atom. The summed E-state index contributed by atoms with van der Waals surface area (Å²) >= 11 is 0. The highest BCUT2D eigenvalue weighted by Crippen LogP contribution is 2.30. The average Bonchev–Trinajstić information content (AvgIpc) is 3.58. The van der Waals surface area contributed by atoms with Crippen molar-refractivity contribution in [3.63, 3.8) is 0 Å². The highest BCUT2D eigenvalue weighted by atomic mass is 32.2. The van der Waals surface area contributed by atoms with Gasteiger partial charge in [-0.05, 0) is 42.3 Å². The molecule has 4 aromatic rings. The van der Waals surface area contributed by atoms with Crippen molar-refractivity contribution < 1.29 is 26.7 Å². The molecule has 46 heavy (non-hydrogen) atoms. The fourth-order valence-electron chi connectivity index (χ4n) is 6.40. The molecule has 6 rings (SSSR count). The van der Waals surface area contributed by atoms with Crippen LogP contribution < -0.4 is 10.6 Å². The van der Waals surface area contributed by atoms with E-state index in [1.807, 2.05) is 13.0 Å². The number of rotatable bonds is 10. The van der Waals surface area contributed by atoms with Gasteiger partial charge in [0.1, 0.15) is 27.3 Å². The van der Waals surface area contributed by atoms with Crippen LogP contribution in [0.25, 0.3) is 16.8 Å². The maximum Gasteiger partial charge on any atom is 0.222 e. The zero-order valence-electron chi connectivity index (χ0n) is 25.8. The molecule has 0 spiro atoms. The fraction of sp³-hybridized carbons (Fsp3) is 0.438. The third-order valence-electron chi connectivity index (χ3n) is 8.61. The van der Waals surface area contributed by atoms with E-state index >= 15 is 8.78 Å². The second kappa shape index (κ2) is 13.0. The van der Waals surface area contributed by atoms with E-state index in [-0.39, 0.29) is 54.1 Å². The van der Waals surface area contributed by atoms with Crippen molar-refractivity contribution in [1.82, 2.24) is 24.5 Å². The van der Waals surface area contributed by atoms with Crippen LogP contribution in [0.5, 0.6) is 0 Å². The van der Waals surface area contributed by atoms with Crippen molar-refractivity contribution in [3.8, 4) is 11.3 Å². The van der Waals surface area contributed by atoms with Gasteiger partial charge in [-0.2, -0.15) is 5.10 Å². The monoisotopic (exact) mass is 653 g/mol. The van der Waals surface area contributed by atoms with Gasteiger partial charge in [-0.25, -0.2) is 26.7 Å². The number of benzene rings is 1. The number of imidazole rings is 1. The molecule has 2 N–H and O–H groups in total. The van der Waals surface area contributed by atoms with E-state index in [9.17, 15) is 13.2 Å². The van der Waals surface area contributed by atoms with E-state index in [0.29, 0.717) is 49.4 Å². The molecule has 0 aliphatic carbocycles. The molecule has 0 bridgehead atoms. The smallest absolute Gasteiger partial charge is 0.222 e. The second-order valence-corrected chi connectivity index (χ2v) is 14.5. The van der Waals surface area contributed by atoms with Gasteiger partial charge >= 0.3 is 0 Å². The summed E-state index contributed by atoms with van der Waals surface area (Å²) in [5, 5.41) is 4.59. The quantitative estimate of drug-likeness (QED) is 0.274. The minimum atomic E-state index is -3.14. The van der Waals surface area contributed by atoms with Crippen molar-refractivity contribution in [2.75, 3.05) is 43.1 Å². The Morgan fingerprint density at radius 1 is 1.11 bits per heavy atom. The van der Waals surface area contributed by atoms with Gasteiger partial charge in [0.15, 0.2) is 0 Å². The van der Waals surface area contributed by atoms with Crippen molar-refractivity contribution in [3.05, 3.63) is 77.5 Å². The molecule has 2 aliphatic heterocycles. The molecule has 5 heterocycles. The number of nitrogens with two attached hydrogens (primary N) is 1. The summed E-state index contributed by atoms with van der Waals surface area (Å²) in [6.45, 7) is 4.01. The number of likely N-dealkylation sites (tertiary alicyclic amines) is 1. The minimum absolute atomic E-state index is 0.0146. The van der Waals surface area contributed by atoms with Crippen LogP contribution in [0, 0.1) is 17.6 Å². The van der Waals surface area contributed by atoms with Crippen LogP contribution in [0.15, 0.2) is 48.9 Å². The normalized spacial score (nSPS) is 20.6. The van der Waals surface area contributed by atoms with Crippen molar-refractivity contribution in [2.24, 2.45) is 11.7 Å². The molecular weight excluding hydrogens is 616 g/mol. The Bertz CT molecular complexity index is 1830. The van der Waals surface area contributed by atoms with E-state index in [1.54, 1.807) is 40.1 Å². The standard InChI is InChI=1S/C32H37F2N7O4S/c1-20-17-40(19-26(35)32(20)45-10-11-46(2,43)44)28-7-8-36-15-22(28)14-29-37-16-23-5-6-27(38-41(23)29)31-24(33)12-21(13-25(31)34)18-39-9-3-4-30(39)42/h5-8,12-13,15-16,20,26,32H,3-4,9-11,14,17-19,35H2,1-2H3/t20-,26+,32-/m0/s1. The number of piperidine rings is 1. The fourth-order valence-corrected chi connectivity index (χ4v) is 6.80. The summed E-state index contributed by atoms with van der Waals surface area (Å²) in [6, 6.07) is 7.38. The lowest BCUT2D eigenvalue weighted by atomic mass is 9.91. The lowest BCUT2D eigenvalue weighted by Crippen LogP contribution is -2.57. The molecular formula is C32H37F2N7O4S. The summed E-state index contributed by atoms with van der Waals surface area (Å²) < 4.78 is 61.2. The molecule has 2 fully saturated rings. The Kier molecular flexibility index (Phi) is 9.03. The number of pyridine rings is 1. The topological polar surface area (TPSA) is 136 Å². The molecule has 3 aromatic heterocycles. The van der Waals surface area contributed by atoms with Gasteiger partial charge in [-0.15, -0.1) is 0 Å². The largest absolute Gasteiger partial charge is 0.375 e. The molecule has 244 valence electrons. The second-order valence-electron chi connectivity index (χ2n) is 12.3. The van der Waals surface area contributed by atoms with Crippen LogP contribution in [-0.2, 0) is 32.3 Å². The molecule has 1 amide bonds. The van der Waals surface area contributed by atoms with E-state index in [2.05, 4.69) is 20.0 Å². The Labute approximate surface area is 266 Å². The number of aromatic nitrogens is 4. The highest BCUT2D eigenvalue weighted by Gasteiger charge is 2.34. The molecule has 3 atom stereocenters. The molecule has 2 saturated heterocycles. The third-order valence-corrected chi connectivity index (χ3v) is 9.52. The number of sulfone groups is 1. The minimum Gasteiger partial charge on any atom is -0.375 e. The van der Waals surface area contributed by atoms with Gasteiger partial charge in [-0.3, -0.25) is 9.78 Å². The molecule has 14 heteroatoms. The number of fused-ring (bicyclic) bond motifs is 1. The Morgan fingerprint density at radius 3 is 2.59 bits per heavy atom. The molecule has 0 unspecified atom stereocenters. The zero-order valence-corrected chi connectivity index (χ0v) is 26.6. The maximum atomic E-state index is 15.3. The van der Waals surface area contributed by atoms with Crippen molar-refractivity contribution in [1.29, 1.82) is 0 Å². The van der Waals surface area contributed by atoms with Gasteiger partial charge < -0.3 is 20.3 Å². The van der Waals surface area contributed by atoms with Crippen molar-refractivity contribution in [2.45, 2.75) is 44.9 Å². The summed E-state index contributed by atoms with van der Waals surface area (Å²) in [4.78, 5) is 24.7. The number of carbonyl (C=O) groups is 1. The molecule has 11 nitrogen and oxygen atoms in total. The number of halogens is 2. The number of ether oxygens (including phenoxy) is 1. The van der Waals surface area contributed by atoms with Crippen LogP contribution in [0.3, 0.4) is 0 Å². The summed E-state index contributed by atoms with van der Waals surface area (Å²) in [5.74, 6) is -0.974. The van der Waals surface area contributed by atoms with Crippen LogP contribution >= 0.6 is 0 Å². The maximum absolute atomic E-state index is 15.3. The average molecular weight is 654 g/mol. The van der Waals surface area contributed by atoms with Crippen LogP contribution in [-0.4, -0.2) is 89.2 Å². The van der Waals surface area contributed by atoms with E-state index in [1.165, 1.54) is 18.4 Å². The molecule has 0 radical (unpaired) electrons. The zero-order chi connectivity index (χ0) is 32.6. The van der Waals surface area contributed by atoms with Crippen LogP contribution in [0.1, 0.15) is 36.7 Å². The summed E-state index contributed by atoms with van der Waals surface area (Å²) in [5.41, 5.74) is 9.24. The summed E-state index contributed by atoms with van der Waals surface area (Å²) in [7, 11) is -3.14. The first-order valence-corrected chi connectivity index (χ1v) is 17.4.